The maximum absolute atomic E-state index is 12.3. The average molecular weight is 364 g/mol. The van der Waals surface area contributed by atoms with E-state index >= 15 is 0 Å². The molecule has 1 spiro atoms. The van der Waals surface area contributed by atoms with Crippen LogP contribution in [0.4, 0.5) is 5.69 Å². The van der Waals surface area contributed by atoms with Crippen LogP contribution in [-0.4, -0.2) is 53.6 Å². The van der Waals surface area contributed by atoms with Gasteiger partial charge in [0.25, 0.3) is 5.91 Å². The normalized spacial score (nSPS) is 20.5. The van der Waals surface area contributed by atoms with E-state index in [2.05, 4.69) is 0 Å². The summed E-state index contributed by atoms with van der Waals surface area (Å²) in [6.45, 7) is 0.863. The second-order valence-electron chi connectivity index (χ2n) is 6.72. The topological polar surface area (TPSA) is 119 Å². The predicted octanol–water partition coefficient (Wildman–Crippen LogP) is 1.70. The van der Waals surface area contributed by atoms with Crippen molar-refractivity contribution in [2.45, 2.75) is 19.3 Å². The van der Waals surface area contributed by atoms with Crippen LogP contribution in [0.15, 0.2) is 18.2 Å². The molecule has 1 aliphatic heterocycles. The number of nitro groups is 1. The van der Waals surface area contributed by atoms with Gasteiger partial charge in [-0.3, -0.25) is 19.7 Å². The highest BCUT2D eigenvalue weighted by Crippen LogP contribution is 2.59. The molecule has 1 aromatic rings. The third-order valence-corrected chi connectivity index (χ3v) is 5.31. The summed E-state index contributed by atoms with van der Waals surface area (Å²) in [7, 11) is 1.32. The molecule has 140 valence electrons. The van der Waals surface area contributed by atoms with Crippen molar-refractivity contribution in [3.8, 4) is 11.5 Å². The standard InChI is InChI=1S/C17H20N2O7/c1-25-14-8-11(2-3-13(14)19(23)24)26-10-15(20)18-6-4-17(5-7-18)9-12(17)16(21)22/h2-3,8,12H,4-7,9-10H2,1H3,(H,21,22). The van der Waals surface area contributed by atoms with E-state index in [0.29, 0.717) is 38.1 Å². The lowest BCUT2D eigenvalue weighted by molar-refractivity contribution is -0.385. The van der Waals surface area contributed by atoms with E-state index in [1.54, 1.807) is 4.90 Å². The average Bonchev–Trinajstić information content (AvgIpc) is 3.33. The first kappa shape index (κ1) is 18.0. The van der Waals surface area contributed by atoms with Crippen LogP contribution in [0.2, 0.25) is 0 Å². The van der Waals surface area contributed by atoms with E-state index in [0.717, 1.165) is 0 Å². The zero-order valence-corrected chi connectivity index (χ0v) is 14.3. The van der Waals surface area contributed by atoms with Crippen molar-refractivity contribution in [3.63, 3.8) is 0 Å². The van der Waals surface area contributed by atoms with Crippen molar-refractivity contribution in [2.75, 3.05) is 26.8 Å². The summed E-state index contributed by atoms with van der Waals surface area (Å²) in [5.74, 6) is -0.843. The van der Waals surface area contributed by atoms with Gasteiger partial charge in [0.1, 0.15) is 5.75 Å². The van der Waals surface area contributed by atoms with Crippen molar-refractivity contribution < 1.29 is 29.1 Å². The molecule has 1 aromatic carbocycles. The second-order valence-corrected chi connectivity index (χ2v) is 6.72. The van der Waals surface area contributed by atoms with Crippen LogP contribution >= 0.6 is 0 Å². The molecule has 2 aliphatic rings. The van der Waals surface area contributed by atoms with Gasteiger partial charge in [-0.25, -0.2) is 0 Å². The Bertz CT molecular complexity index is 741. The number of carboxylic acids is 1. The zero-order valence-electron chi connectivity index (χ0n) is 14.3. The molecule has 2 fully saturated rings. The van der Waals surface area contributed by atoms with Crippen molar-refractivity contribution in [1.29, 1.82) is 0 Å². The molecule has 9 nitrogen and oxygen atoms in total. The molecule has 26 heavy (non-hydrogen) atoms. The number of benzene rings is 1. The number of methoxy groups -OCH3 is 1. The molecule has 1 heterocycles. The van der Waals surface area contributed by atoms with Gasteiger partial charge in [-0.05, 0) is 30.7 Å². The number of nitro benzene ring substituents is 1. The Hall–Kier alpha value is -2.84. The third kappa shape index (κ3) is 3.42. The lowest BCUT2D eigenvalue weighted by Gasteiger charge is -2.32. The summed E-state index contributed by atoms with van der Waals surface area (Å²) >= 11 is 0. The van der Waals surface area contributed by atoms with E-state index in [1.807, 2.05) is 0 Å². The monoisotopic (exact) mass is 364 g/mol. The van der Waals surface area contributed by atoms with Gasteiger partial charge in [-0.15, -0.1) is 0 Å². The van der Waals surface area contributed by atoms with E-state index < -0.39 is 10.9 Å². The van der Waals surface area contributed by atoms with Gasteiger partial charge in [0.15, 0.2) is 6.61 Å². The fourth-order valence-electron chi connectivity index (χ4n) is 3.59. The number of carbonyl (C=O) groups is 2. The summed E-state index contributed by atoms with van der Waals surface area (Å²) in [5.41, 5.74) is -0.306. The fraction of sp³-hybridized carbons (Fsp3) is 0.529. The SMILES string of the molecule is COc1cc(OCC(=O)N2CCC3(CC2)CC3C(=O)O)ccc1[N+](=O)[O-]. The largest absolute Gasteiger partial charge is 0.490 e. The van der Waals surface area contributed by atoms with Crippen LogP contribution in [0.1, 0.15) is 19.3 Å². The molecular formula is C17H20N2O7. The Morgan fingerprint density at radius 3 is 2.62 bits per heavy atom. The van der Waals surface area contributed by atoms with Gasteiger partial charge in [-0.2, -0.15) is 0 Å². The molecule has 0 radical (unpaired) electrons. The number of likely N-dealkylation sites (tertiary alicyclic amines) is 1. The molecule has 1 unspecified atom stereocenters. The Labute approximate surface area is 149 Å². The molecule has 1 saturated carbocycles. The van der Waals surface area contributed by atoms with E-state index in [-0.39, 0.29) is 35.3 Å². The quantitative estimate of drug-likeness (QED) is 0.602. The first-order valence-corrected chi connectivity index (χ1v) is 8.32. The fourth-order valence-corrected chi connectivity index (χ4v) is 3.59. The van der Waals surface area contributed by atoms with Gasteiger partial charge in [0.05, 0.1) is 18.0 Å². The summed E-state index contributed by atoms with van der Waals surface area (Å²) in [6, 6.07) is 4.06. The number of aliphatic carboxylic acids is 1. The molecule has 1 N–H and O–H groups in total. The van der Waals surface area contributed by atoms with E-state index in [9.17, 15) is 19.7 Å². The van der Waals surface area contributed by atoms with Crippen LogP contribution in [0.3, 0.4) is 0 Å². The molecular weight excluding hydrogens is 344 g/mol. The smallest absolute Gasteiger partial charge is 0.311 e. The van der Waals surface area contributed by atoms with Crippen molar-refractivity contribution in [1.82, 2.24) is 4.90 Å². The number of carboxylic acid groups (broad SMARTS) is 1. The minimum Gasteiger partial charge on any atom is -0.490 e. The van der Waals surface area contributed by atoms with Crippen LogP contribution in [0.25, 0.3) is 0 Å². The first-order chi connectivity index (χ1) is 12.4. The van der Waals surface area contributed by atoms with E-state index in [4.69, 9.17) is 14.6 Å². The highest BCUT2D eigenvalue weighted by molar-refractivity contribution is 5.78. The number of amides is 1. The maximum Gasteiger partial charge on any atom is 0.311 e. The molecule has 1 saturated heterocycles. The summed E-state index contributed by atoms with van der Waals surface area (Å²) in [4.78, 5) is 35.4. The van der Waals surface area contributed by atoms with E-state index in [1.165, 1.54) is 25.3 Å². The highest BCUT2D eigenvalue weighted by atomic mass is 16.6. The van der Waals surface area contributed by atoms with Gasteiger partial charge in [0.2, 0.25) is 5.75 Å². The first-order valence-electron chi connectivity index (χ1n) is 8.32. The lowest BCUT2D eigenvalue weighted by Crippen LogP contribution is -2.42. The number of nitrogens with zero attached hydrogens (tertiary/aromatic N) is 2. The van der Waals surface area contributed by atoms with Crippen LogP contribution in [-0.2, 0) is 9.59 Å². The molecule has 1 amide bonds. The van der Waals surface area contributed by atoms with Crippen LogP contribution < -0.4 is 9.47 Å². The second kappa shape index (κ2) is 6.81. The maximum atomic E-state index is 12.3. The Morgan fingerprint density at radius 1 is 1.38 bits per heavy atom. The number of carbonyl (C=O) groups excluding carboxylic acids is 1. The van der Waals surface area contributed by atoms with Gasteiger partial charge in [-0.1, -0.05) is 0 Å². The number of hydrogen-bond acceptors (Lipinski definition) is 6. The summed E-state index contributed by atoms with van der Waals surface area (Å²) < 4.78 is 10.4. The van der Waals surface area contributed by atoms with Crippen molar-refractivity contribution >= 4 is 17.6 Å². The molecule has 0 bridgehead atoms. The molecule has 1 aliphatic carbocycles. The minimum atomic E-state index is -0.750. The third-order valence-electron chi connectivity index (χ3n) is 5.31. The van der Waals surface area contributed by atoms with Crippen LogP contribution in [0, 0.1) is 21.4 Å². The number of piperidine rings is 1. The summed E-state index contributed by atoms with van der Waals surface area (Å²) in [5, 5.41) is 20.0. The van der Waals surface area contributed by atoms with Gasteiger partial charge < -0.3 is 19.5 Å². The molecule has 1 atom stereocenters. The lowest BCUT2D eigenvalue weighted by atomic mass is 9.91. The zero-order chi connectivity index (χ0) is 18.9. The van der Waals surface area contributed by atoms with Crippen molar-refractivity contribution in [2.24, 2.45) is 11.3 Å². The van der Waals surface area contributed by atoms with Gasteiger partial charge in [0, 0.05) is 25.2 Å². The molecule has 0 aromatic heterocycles. The number of hydrogen-bond donors (Lipinski definition) is 1. The predicted molar refractivity (Wildman–Crippen MR) is 89.1 cm³/mol. The Morgan fingerprint density at radius 2 is 2.08 bits per heavy atom. The number of rotatable bonds is 6. The minimum absolute atomic E-state index is 0.0632. The molecule has 9 heteroatoms. The number of ether oxygens (including phenoxy) is 2. The molecule has 3 rings (SSSR count). The Balaban J connectivity index is 1.52. The Kier molecular flexibility index (Phi) is 4.71. The van der Waals surface area contributed by atoms with Crippen molar-refractivity contribution in [3.05, 3.63) is 28.3 Å². The van der Waals surface area contributed by atoms with Gasteiger partial charge >= 0.3 is 11.7 Å². The van der Waals surface area contributed by atoms with Crippen LogP contribution in [0.5, 0.6) is 11.5 Å². The summed E-state index contributed by atoms with van der Waals surface area (Å²) in [6.07, 6.45) is 2.09. The highest BCUT2D eigenvalue weighted by Gasteiger charge is 2.59.